The van der Waals surface area contributed by atoms with Gasteiger partial charge in [-0.15, -0.1) is 0 Å². The summed E-state index contributed by atoms with van der Waals surface area (Å²) in [5.41, 5.74) is 2.14. The molecule has 0 saturated carbocycles. The van der Waals surface area contributed by atoms with E-state index in [1.807, 2.05) is 12.1 Å². The molecule has 0 amide bonds. The first-order valence-electron chi connectivity index (χ1n) is 7.45. The van der Waals surface area contributed by atoms with Gasteiger partial charge in [-0.1, -0.05) is 13.0 Å². The molecule has 0 aliphatic carbocycles. The molecule has 1 unspecified atom stereocenters. The maximum absolute atomic E-state index is 9.63. The molecule has 1 aliphatic heterocycles. The van der Waals surface area contributed by atoms with Crippen LogP contribution in [-0.2, 0) is 0 Å². The molecule has 1 aromatic carbocycles. The molecule has 0 spiro atoms. The molecular weight excluding hydrogens is 316 g/mol. The minimum absolute atomic E-state index is 0.420. The lowest BCUT2D eigenvalue weighted by molar-refractivity contribution is 0.199. The van der Waals surface area contributed by atoms with Crippen LogP contribution in [0.15, 0.2) is 22.7 Å². The molecule has 2 rings (SSSR count). The van der Waals surface area contributed by atoms with E-state index in [9.17, 15) is 5.11 Å². The predicted molar refractivity (Wildman–Crippen MR) is 88.3 cm³/mol. The molecule has 3 nitrogen and oxygen atoms in total. The number of benzene rings is 1. The summed E-state index contributed by atoms with van der Waals surface area (Å²) < 4.78 is 1.06. The van der Waals surface area contributed by atoms with Crippen LogP contribution >= 0.6 is 15.9 Å². The minimum atomic E-state index is -0.420. The van der Waals surface area contributed by atoms with Crippen molar-refractivity contribution < 1.29 is 5.11 Å². The summed E-state index contributed by atoms with van der Waals surface area (Å²) in [5.74, 6) is 0. The van der Waals surface area contributed by atoms with Gasteiger partial charge in [-0.3, -0.25) is 4.90 Å². The highest BCUT2D eigenvalue weighted by molar-refractivity contribution is 9.10. The Morgan fingerprint density at radius 2 is 2.25 bits per heavy atom. The average molecular weight is 341 g/mol. The Kier molecular flexibility index (Phi) is 5.47. The average Bonchev–Trinajstić information content (AvgIpc) is 2.85. The van der Waals surface area contributed by atoms with Gasteiger partial charge in [-0.05, 0) is 66.5 Å². The van der Waals surface area contributed by atoms with E-state index in [1.165, 1.54) is 25.1 Å². The molecule has 1 saturated heterocycles. The van der Waals surface area contributed by atoms with E-state index in [1.54, 1.807) is 6.92 Å². The second-order valence-corrected chi connectivity index (χ2v) is 6.55. The van der Waals surface area contributed by atoms with Crippen molar-refractivity contribution in [3.05, 3.63) is 28.2 Å². The largest absolute Gasteiger partial charge is 0.389 e. The molecule has 4 heteroatoms. The van der Waals surface area contributed by atoms with E-state index in [-0.39, 0.29) is 0 Å². The van der Waals surface area contributed by atoms with Gasteiger partial charge in [-0.25, -0.2) is 0 Å². The number of halogens is 1. The number of aliphatic hydroxyl groups excluding tert-OH is 1. The third-order valence-electron chi connectivity index (χ3n) is 4.26. The van der Waals surface area contributed by atoms with Crippen LogP contribution in [0.25, 0.3) is 0 Å². The van der Waals surface area contributed by atoms with Gasteiger partial charge in [0.1, 0.15) is 0 Å². The van der Waals surface area contributed by atoms with Gasteiger partial charge in [-0.2, -0.15) is 0 Å². The predicted octanol–water partition coefficient (Wildman–Crippen LogP) is 3.42. The molecule has 0 aromatic heterocycles. The van der Waals surface area contributed by atoms with Crippen molar-refractivity contribution in [3.63, 3.8) is 0 Å². The first-order valence-corrected chi connectivity index (χ1v) is 8.25. The van der Waals surface area contributed by atoms with Crippen LogP contribution in [0.2, 0.25) is 0 Å². The van der Waals surface area contributed by atoms with E-state index >= 15 is 0 Å². The lowest BCUT2D eigenvalue weighted by atomic mass is 10.1. The van der Waals surface area contributed by atoms with Crippen LogP contribution < -0.4 is 4.90 Å². The highest BCUT2D eigenvalue weighted by Crippen LogP contribution is 2.30. The summed E-state index contributed by atoms with van der Waals surface area (Å²) in [5, 5.41) is 9.63. The Morgan fingerprint density at radius 1 is 1.50 bits per heavy atom. The Morgan fingerprint density at radius 3 is 2.85 bits per heavy atom. The standard InChI is InChI=1S/C16H25BrN2O/c1-4-19-9-5-6-14(19)11-18(3)16-8-7-13(12(2)20)10-15(16)17/h7-8,10,12,14,20H,4-6,9,11H2,1-3H3/t12-,14?/m0/s1. The van der Waals surface area contributed by atoms with E-state index in [4.69, 9.17) is 0 Å². The third kappa shape index (κ3) is 3.54. The van der Waals surface area contributed by atoms with Gasteiger partial charge in [0.05, 0.1) is 11.8 Å². The fraction of sp³-hybridized carbons (Fsp3) is 0.625. The second-order valence-electron chi connectivity index (χ2n) is 5.69. The third-order valence-corrected chi connectivity index (χ3v) is 4.89. The minimum Gasteiger partial charge on any atom is -0.389 e. The first kappa shape index (κ1) is 15.8. The molecule has 1 fully saturated rings. The van der Waals surface area contributed by atoms with Gasteiger partial charge in [0.25, 0.3) is 0 Å². The summed E-state index contributed by atoms with van der Waals surface area (Å²) >= 11 is 3.63. The van der Waals surface area contributed by atoms with Crippen molar-refractivity contribution in [2.45, 2.75) is 38.8 Å². The van der Waals surface area contributed by atoms with Gasteiger partial charge >= 0.3 is 0 Å². The van der Waals surface area contributed by atoms with E-state index < -0.39 is 6.10 Å². The van der Waals surface area contributed by atoms with Crippen LogP contribution in [0.3, 0.4) is 0 Å². The zero-order valence-electron chi connectivity index (χ0n) is 12.6. The Balaban J connectivity index is 2.07. The normalized spacial score (nSPS) is 21.1. The Hall–Kier alpha value is -0.580. The monoisotopic (exact) mass is 340 g/mol. The molecule has 1 aromatic rings. The fourth-order valence-electron chi connectivity index (χ4n) is 3.03. The van der Waals surface area contributed by atoms with Crippen molar-refractivity contribution in [2.75, 3.05) is 31.6 Å². The fourth-order valence-corrected chi connectivity index (χ4v) is 3.72. The van der Waals surface area contributed by atoms with Crippen molar-refractivity contribution >= 4 is 21.6 Å². The van der Waals surface area contributed by atoms with Crippen LogP contribution in [0.4, 0.5) is 5.69 Å². The van der Waals surface area contributed by atoms with Gasteiger partial charge in [0, 0.05) is 24.1 Å². The maximum atomic E-state index is 9.63. The molecule has 112 valence electrons. The number of likely N-dealkylation sites (tertiary alicyclic amines) is 1. The van der Waals surface area contributed by atoms with Crippen molar-refractivity contribution in [3.8, 4) is 0 Å². The van der Waals surface area contributed by atoms with Crippen molar-refractivity contribution in [1.29, 1.82) is 0 Å². The molecule has 1 N–H and O–H groups in total. The van der Waals surface area contributed by atoms with E-state index in [0.717, 1.165) is 23.1 Å². The smallest absolute Gasteiger partial charge is 0.0762 e. The van der Waals surface area contributed by atoms with Crippen LogP contribution in [-0.4, -0.2) is 42.7 Å². The van der Waals surface area contributed by atoms with Crippen LogP contribution in [0, 0.1) is 0 Å². The quantitative estimate of drug-likeness (QED) is 0.889. The number of aliphatic hydroxyl groups is 1. The van der Waals surface area contributed by atoms with E-state index in [2.05, 4.69) is 45.8 Å². The molecular formula is C16H25BrN2O. The van der Waals surface area contributed by atoms with Crippen LogP contribution in [0.5, 0.6) is 0 Å². The topological polar surface area (TPSA) is 26.7 Å². The summed E-state index contributed by atoms with van der Waals surface area (Å²) in [6.07, 6.45) is 2.19. The number of hydrogen-bond acceptors (Lipinski definition) is 3. The Bertz CT molecular complexity index is 450. The van der Waals surface area contributed by atoms with Crippen LogP contribution in [0.1, 0.15) is 38.4 Å². The summed E-state index contributed by atoms with van der Waals surface area (Å²) in [6.45, 7) is 7.47. The summed E-state index contributed by atoms with van der Waals surface area (Å²) in [7, 11) is 2.15. The highest BCUT2D eigenvalue weighted by Gasteiger charge is 2.24. The summed E-state index contributed by atoms with van der Waals surface area (Å²) in [6, 6.07) is 6.78. The first-order chi connectivity index (χ1) is 9.52. The molecule has 1 heterocycles. The van der Waals surface area contributed by atoms with Crippen molar-refractivity contribution in [2.24, 2.45) is 0 Å². The lowest BCUT2D eigenvalue weighted by Gasteiger charge is -2.29. The maximum Gasteiger partial charge on any atom is 0.0762 e. The van der Waals surface area contributed by atoms with Crippen molar-refractivity contribution in [1.82, 2.24) is 4.90 Å². The summed E-state index contributed by atoms with van der Waals surface area (Å²) in [4.78, 5) is 4.88. The molecule has 2 atom stereocenters. The van der Waals surface area contributed by atoms with Gasteiger partial charge < -0.3 is 10.0 Å². The van der Waals surface area contributed by atoms with E-state index in [0.29, 0.717) is 6.04 Å². The molecule has 0 bridgehead atoms. The van der Waals surface area contributed by atoms with Gasteiger partial charge in [0.15, 0.2) is 0 Å². The Labute approximate surface area is 130 Å². The zero-order valence-corrected chi connectivity index (χ0v) is 14.2. The highest BCUT2D eigenvalue weighted by atomic mass is 79.9. The van der Waals surface area contributed by atoms with Gasteiger partial charge in [0.2, 0.25) is 0 Å². The molecule has 1 aliphatic rings. The number of rotatable bonds is 5. The number of likely N-dealkylation sites (N-methyl/N-ethyl adjacent to an activating group) is 2. The SMILES string of the molecule is CCN1CCCC1CN(C)c1ccc([C@H](C)O)cc1Br. The molecule has 20 heavy (non-hydrogen) atoms. The number of nitrogens with zero attached hydrogens (tertiary/aromatic N) is 2. The number of anilines is 1. The lowest BCUT2D eigenvalue weighted by Crippen LogP contribution is -2.38. The molecule has 0 radical (unpaired) electrons. The second kappa shape index (κ2) is 6.92. The zero-order chi connectivity index (χ0) is 14.7. The number of hydrogen-bond donors (Lipinski definition) is 1.